The molecule has 0 amide bonds. The van der Waals surface area contributed by atoms with Gasteiger partial charge in [-0.25, -0.2) is 0 Å². The van der Waals surface area contributed by atoms with Crippen LogP contribution in [0, 0.1) is 10.1 Å². The van der Waals surface area contributed by atoms with Crippen LogP contribution in [0.4, 0.5) is 11.4 Å². The minimum absolute atomic E-state index is 0.0730. The lowest BCUT2D eigenvalue weighted by molar-refractivity contribution is -0.382. The Hall–Kier alpha value is -1.14. The number of nitrogens with zero attached hydrogens (tertiary/aromatic N) is 1. The Morgan fingerprint density at radius 3 is 2.86 bits per heavy atom. The van der Waals surface area contributed by atoms with E-state index in [0.29, 0.717) is 11.1 Å². The van der Waals surface area contributed by atoms with E-state index in [1.807, 2.05) is 0 Å². The second-order valence-electron chi connectivity index (χ2n) is 2.72. The maximum absolute atomic E-state index is 10.7. The molecule has 0 saturated carbocycles. The third kappa shape index (κ3) is 1.27. The molecular formula is C8H5BrN2O2S. The number of nitro groups is 1. The van der Waals surface area contributed by atoms with Gasteiger partial charge in [-0.2, -0.15) is 0 Å². The van der Waals surface area contributed by atoms with Crippen molar-refractivity contribution in [3.05, 3.63) is 32.1 Å². The zero-order valence-electron chi connectivity index (χ0n) is 6.86. The molecule has 14 heavy (non-hydrogen) atoms. The Labute approximate surface area is 91.6 Å². The normalized spacial score (nSPS) is 10.6. The van der Waals surface area contributed by atoms with Crippen molar-refractivity contribution in [2.45, 2.75) is 0 Å². The Bertz CT molecular complexity index is 523. The molecule has 2 N–H and O–H groups in total. The molecule has 0 bridgehead atoms. The van der Waals surface area contributed by atoms with E-state index in [0.717, 1.165) is 9.17 Å². The predicted molar refractivity (Wildman–Crippen MR) is 60.6 cm³/mol. The van der Waals surface area contributed by atoms with Crippen LogP contribution in [-0.2, 0) is 0 Å². The predicted octanol–water partition coefficient (Wildman–Crippen LogP) is 3.15. The molecule has 0 saturated heterocycles. The molecule has 0 radical (unpaired) electrons. The van der Waals surface area contributed by atoms with Gasteiger partial charge in [-0.05, 0) is 28.1 Å². The SMILES string of the molecule is Nc1ccc(Br)c2scc([N+](=O)[O-])c12. The first-order chi connectivity index (χ1) is 6.61. The molecule has 0 aliphatic rings. The summed E-state index contributed by atoms with van der Waals surface area (Å²) in [7, 11) is 0. The summed E-state index contributed by atoms with van der Waals surface area (Å²) in [4.78, 5) is 10.3. The summed E-state index contributed by atoms with van der Waals surface area (Å²) in [5.41, 5.74) is 6.20. The highest BCUT2D eigenvalue weighted by Gasteiger charge is 2.18. The monoisotopic (exact) mass is 272 g/mol. The third-order valence-corrected chi connectivity index (χ3v) is 3.81. The zero-order valence-corrected chi connectivity index (χ0v) is 9.26. The Balaban J connectivity index is 2.90. The van der Waals surface area contributed by atoms with Gasteiger partial charge in [0.2, 0.25) is 0 Å². The van der Waals surface area contributed by atoms with Crippen LogP contribution in [0.3, 0.4) is 0 Å². The average molecular weight is 273 g/mol. The number of hydrogen-bond donors (Lipinski definition) is 1. The summed E-state index contributed by atoms with van der Waals surface area (Å²) in [6.45, 7) is 0. The number of fused-ring (bicyclic) bond motifs is 1. The van der Waals surface area contributed by atoms with Gasteiger partial charge in [-0.15, -0.1) is 11.3 Å². The van der Waals surface area contributed by atoms with Crippen molar-refractivity contribution in [1.29, 1.82) is 0 Å². The molecule has 1 aromatic heterocycles. The van der Waals surface area contributed by atoms with Crippen molar-refractivity contribution in [1.82, 2.24) is 0 Å². The topological polar surface area (TPSA) is 69.2 Å². The minimum Gasteiger partial charge on any atom is -0.398 e. The highest BCUT2D eigenvalue weighted by molar-refractivity contribution is 9.10. The summed E-state index contributed by atoms with van der Waals surface area (Å²) in [5, 5.41) is 12.7. The largest absolute Gasteiger partial charge is 0.398 e. The van der Waals surface area contributed by atoms with Gasteiger partial charge in [-0.3, -0.25) is 10.1 Å². The molecule has 1 heterocycles. The molecule has 72 valence electrons. The summed E-state index contributed by atoms with van der Waals surface area (Å²) < 4.78 is 1.65. The molecular weight excluding hydrogens is 268 g/mol. The Morgan fingerprint density at radius 1 is 1.50 bits per heavy atom. The zero-order chi connectivity index (χ0) is 10.3. The smallest absolute Gasteiger partial charge is 0.289 e. The third-order valence-electron chi connectivity index (χ3n) is 1.88. The second-order valence-corrected chi connectivity index (χ2v) is 4.45. The summed E-state index contributed by atoms with van der Waals surface area (Å²) in [6.07, 6.45) is 0. The van der Waals surface area contributed by atoms with E-state index in [2.05, 4.69) is 15.9 Å². The highest BCUT2D eigenvalue weighted by Crippen LogP contribution is 2.39. The molecule has 2 aromatic rings. The van der Waals surface area contributed by atoms with Crippen molar-refractivity contribution in [2.24, 2.45) is 0 Å². The number of rotatable bonds is 1. The van der Waals surface area contributed by atoms with Crippen LogP contribution < -0.4 is 5.73 Å². The van der Waals surface area contributed by atoms with Gasteiger partial charge >= 0.3 is 0 Å². The molecule has 0 unspecified atom stereocenters. The van der Waals surface area contributed by atoms with E-state index in [9.17, 15) is 10.1 Å². The summed E-state index contributed by atoms with van der Waals surface area (Å²) in [5.74, 6) is 0. The maximum Gasteiger partial charge on any atom is 0.289 e. The van der Waals surface area contributed by atoms with Crippen LogP contribution in [0.15, 0.2) is 22.0 Å². The highest BCUT2D eigenvalue weighted by atomic mass is 79.9. The lowest BCUT2D eigenvalue weighted by Crippen LogP contribution is -1.90. The van der Waals surface area contributed by atoms with Crippen molar-refractivity contribution < 1.29 is 4.92 Å². The first kappa shape index (κ1) is 9.42. The van der Waals surface area contributed by atoms with Gasteiger partial charge in [0.15, 0.2) is 0 Å². The van der Waals surface area contributed by atoms with E-state index in [1.54, 1.807) is 12.1 Å². The molecule has 0 aliphatic carbocycles. The summed E-state index contributed by atoms with van der Waals surface area (Å²) in [6, 6.07) is 3.45. The number of thiophene rings is 1. The fourth-order valence-electron chi connectivity index (χ4n) is 1.26. The van der Waals surface area contributed by atoms with Crippen molar-refractivity contribution in [2.75, 3.05) is 5.73 Å². The second kappa shape index (κ2) is 3.21. The summed E-state index contributed by atoms with van der Waals surface area (Å²) >= 11 is 4.64. The lowest BCUT2D eigenvalue weighted by atomic mass is 10.2. The molecule has 4 nitrogen and oxygen atoms in total. The van der Waals surface area contributed by atoms with E-state index in [1.165, 1.54) is 16.7 Å². The van der Waals surface area contributed by atoms with Crippen LogP contribution in [-0.4, -0.2) is 4.92 Å². The van der Waals surface area contributed by atoms with Gasteiger partial charge < -0.3 is 5.73 Å². The Kier molecular flexibility index (Phi) is 2.16. The van der Waals surface area contributed by atoms with Gasteiger partial charge in [0.05, 0.1) is 20.4 Å². The molecule has 0 fully saturated rings. The van der Waals surface area contributed by atoms with Crippen molar-refractivity contribution >= 4 is 48.7 Å². The van der Waals surface area contributed by atoms with Crippen molar-refractivity contribution in [3.63, 3.8) is 0 Å². The molecule has 0 spiro atoms. The van der Waals surface area contributed by atoms with E-state index >= 15 is 0 Å². The minimum atomic E-state index is -0.415. The molecule has 6 heteroatoms. The van der Waals surface area contributed by atoms with Gasteiger partial charge in [0, 0.05) is 10.2 Å². The van der Waals surface area contributed by atoms with Gasteiger partial charge in [0.25, 0.3) is 5.69 Å². The molecule has 2 rings (SSSR count). The number of halogens is 1. The van der Waals surface area contributed by atoms with Gasteiger partial charge in [-0.1, -0.05) is 0 Å². The molecule has 1 aromatic carbocycles. The van der Waals surface area contributed by atoms with Crippen LogP contribution in [0.1, 0.15) is 0 Å². The van der Waals surface area contributed by atoms with Crippen LogP contribution in [0.5, 0.6) is 0 Å². The maximum atomic E-state index is 10.7. The Morgan fingerprint density at radius 2 is 2.21 bits per heavy atom. The van der Waals surface area contributed by atoms with Crippen LogP contribution >= 0.6 is 27.3 Å². The van der Waals surface area contributed by atoms with E-state index in [4.69, 9.17) is 5.73 Å². The first-order valence-corrected chi connectivity index (χ1v) is 5.38. The fraction of sp³-hybridized carbons (Fsp3) is 0. The average Bonchev–Trinajstić information content (AvgIpc) is 2.56. The number of nitrogens with two attached hydrogens (primary N) is 1. The number of nitrogen functional groups attached to an aromatic ring is 1. The number of anilines is 1. The standard InChI is InChI=1S/C8H5BrN2O2S/c9-4-1-2-5(10)7-6(11(12)13)3-14-8(4)7/h1-3H,10H2. The van der Waals surface area contributed by atoms with Gasteiger partial charge in [0.1, 0.15) is 0 Å². The lowest BCUT2D eigenvalue weighted by Gasteiger charge is -1.97. The number of benzene rings is 1. The first-order valence-electron chi connectivity index (χ1n) is 3.71. The van der Waals surface area contributed by atoms with Crippen molar-refractivity contribution in [3.8, 4) is 0 Å². The quantitative estimate of drug-likeness (QED) is 0.493. The molecule has 0 aliphatic heterocycles. The molecule has 0 atom stereocenters. The van der Waals surface area contributed by atoms with Crippen LogP contribution in [0.25, 0.3) is 10.1 Å². The van der Waals surface area contributed by atoms with Crippen LogP contribution in [0.2, 0.25) is 0 Å². The fourth-order valence-corrected chi connectivity index (χ4v) is 2.82. The van der Waals surface area contributed by atoms with E-state index < -0.39 is 4.92 Å². The van der Waals surface area contributed by atoms with E-state index in [-0.39, 0.29) is 5.69 Å². The number of hydrogen-bond acceptors (Lipinski definition) is 4.